The van der Waals surface area contributed by atoms with Crippen LogP contribution in [-0.2, 0) is 9.47 Å². The van der Waals surface area contributed by atoms with Crippen LogP contribution in [0.2, 0.25) is 0 Å². The van der Waals surface area contributed by atoms with E-state index in [2.05, 4.69) is 21.3 Å². The number of hydrogen-bond acceptors (Lipinski definition) is 3. The fourth-order valence-corrected chi connectivity index (χ4v) is 0.680. The maximum absolute atomic E-state index is 10.7. The Kier molecular flexibility index (Phi) is 6.30. The minimum atomic E-state index is -0.857. The van der Waals surface area contributed by atoms with Crippen LogP contribution in [0.5, 0.6) is 0 Å². The number of carbonyl (C=O) groups excluding carboxylic acids is 1. The summed E-state index contributed by atoms with van der Waals surface area (Å²) < 4.78 is 7.87. The molecule has 0 aromatic rings. The summed E-state index contributed by atoms with van der Waals surface area (Å²) in [6, 6.07) is 0. The van der Waals surface area contributed by atoms with Crippen molar-refractivity contribution in [1.29, 1.82) is 0 Å². The van der Waals surface area contributed by atoms with Gasteiger partial charge in [-0.25, -0.2) is 4.79 Å². The fraction of sp³-hybridized carbons (Fsp3) is 0.286. The third-order valence-corrected chi connectivity index (χ3v) is 1.89. The lowest BCUT2D eigenvalue weighted by Crippen LogP contribution is -2.15. The lowest BCUT2D eigenvalue weighted by Gasteiger charge is -2.07. The zero-order valence-electron chi connectivity index (χ0n) is 5.79. The highest BCUT2D eigenvalue weighted by Gasteiger charge is 2.12. The van der Waals surface area contributed by atoms with Gasteiger partial charge in [-0.1, -0.05) is 11.8 Å². The molecule has 0 aliphatic rings. The largest absolute Gasteiger partial charge is 0.512 e. The summed E-state index contributed by atoms with van der Waals surface area (Å²) in [5.74, 6) is 4.39. The van der Waals surface area contributed by atoms with Crippen LogP contribution in [-0.4, -0.2) is 14.4 Å². The van der Waals surface area contributed by atoms with Gasteiger partial charge in [0.1, 0.15) is 0 Å². The molecule has 5 heteroatoms. The predicted octanol–water partition coefficient (Wildman–Crippen LogP) is 1.93. The molecule has 2 unspecified atom stereocenters. The topological polar surface area (TPSA) is 35.5 Å². The highest BCUT2D eigenvalue weighted by molar-refractivity contribution is 14.1. The smallest absolute Gasteiger partial charge is 0.408 e. The monoisotopic (exact) mass is 390 g/mol. The number of halogens is 2. The van der Waals surface area contributed by atoms with Gasteiger partial charge < -0.3 is 9.47 Å². The van der Waals surface area contributed by atoms with Gasteiger partial charge in [-0.05, 0) is 45.2 Å². The van der Waals surface area contributed by atoms with Gasteiger partial charge in [-0.3, -0.25) is 0 Å². The predicted molar refractivity (Wildman–Crippen MR) is 60.8 cm³/mol. The molecule has 0 heterocycles. The van der Waals surface area contributed by atoms with Crippen LogP contribution >= 0.6 is 45.2 Å². The summed E-state index contributed by atoms with van der Waals surface area (Å²) >= 11 is 3.53. The van der Waals surface area contributed by atoms with Gasteiger partial charge in [0.2, 0.25) is 8.22 Å². The van der Waals surface area contributed by atoms with Crippen molar-refractivity contribution in [2.45, 2.75) is 8.22 Å². The Morgan fingerprint density at radius 3 is 1.75 bits per heavy atom. The van der Waals surface area contributed by atoms with E-state index in [1.807, 2.05) is 0 Å². The Bertz CT molecular complexity index is 214. The first-order valence-corrected chi connectivity index (χ1v) is 5.17. The molecule has 0 radical (unpaired) electrons. The minimum absolute atomic E-state index is 0.628. The van der Waals surface area contributed by atoms with Crippen LogP contribution in [0.25, 0.3) is 0 Å². The molecule has 0 N–H and O–H groups in total. The van der Waals surface area contributed by atoms with E-state index in [0.29, 0.717) is 0 Å². The van der Waals surface area contributed by atoms with E-state index in [1.54, 1.807) is 45.2 Å². The zero-order valence-corrected chi connectivity index (χ0v) is 10.1. The molecule has 0 saturated heterocycles. The van der Waals surface area contributed by atoms with Gasteiger partial charge in [0, 0.05) is 0 Å². The second-order valence-electron chi connectivity index (χ2n) is 1.45. The minimum Gasteiger partial charge on any atom is -0.408 e. The van der Waals surface area contributed by atoms with Crippen molar-refractivity contribution < 1.29 is 14.3 Å². The molecule has 0 aliphatic carbocycles. The second-order valence-corrected chi connectivity index (χ2v) is 3.71. The lowest BCUT2D eigenvalue weighted by molar-refractivity contribution is 0.0671. The molecule has 64 valence electrons. The Morgan fingerprint density at radius 1 is 1.17 bits per heavy atom. The number of ether oxygens (including phenoxy) is 2. The molecule has 12 heavy (non-hydrogen) atoms. The summed E-state index contributed by atoms with van der Waals surface area (Å²) in [7, 11) is 0. The molecule has 0 aliphatic heterocycles. The second kappa shape index (κ2) is 6.38. The van der Waals surface area contributed by atoms with Crippen molar-refractivity contribution in [3.8, 4) is 24.7 Å². The van der Waals surface area contributed by atoms with Crippen LogP contribution in [0.15, 0.2) is 0 Å². The van der Waals surface area contributed by atoms with Crippen molar-refractivity contribution in [3.63, 3.8) is 0 Å². The summed E-state index contributed by atoms with van der Waals surface area (Å²) in [6.45, 7) is 0. The molecule has 0 aromatic heterocycles. The SMILES string of the molecule is C#CC(I)OC(=O)OC(I)C#C. The summed E-state index contributed by atoms with van der Waals surface area (Å²) in [4.78, 5) is 10.7. The third-order valence-electron chi connectivity index (χ3n) is 0.661. The van der Waals surface area contributed by atoms with Crippen molar-refractivity contribution in [2.24, 2.45) is 0 Å². The first-order valence-electron chi connectivity index (χ1n) is 2.67. The molecule has 0 rings (SSSR count). The highest BCUT2D eigenvalue weighted by Crippen LogP contribution is 2.06. The van der Waals surface area contributed by atoms with Crippen molar-refractivity contribution in [1.82, 2.24) is 0 Å². The number of rotatable bonds is 2. The number of alkyl halides is 2. The zero-order chi connectivity index (χ0) is 9.56. The van der Waals surface area contributed by atoms with Gasteiger partial charge in [-0.2, -0.15) is 0 Å². The summed E-state index contributed by atoms with van der Waals surface area (Å²) in [5.41, 5.74) is 0. The molecule has 0 aromatic carbocycles. The third kappa shape index (κ3) is 5.49. The maximum atomic E-state index is 10.7. The normalized spacial score (nSPS) is 13.3. The first-order chi connectivity index (χ1) is 5.60. The van der Waals surface area contributed by atoms with Gasteiger partial charge in [-0.15, -0.1) is 12.8 Å². The Hall–Kier alpha value is -0.150. The maximum Gasteiger partial charge on any atom is 0.512 e. The quantitative estimate of drug-likeness (QED) is 0.313. The molecule has 0 spiro atoms. The Morgan fingerprint density at radius 2 is 1.50 bits per heavy atom. The fourth-order valence-electron chi connectivity index (χ4n) is 0.265. The van der Waals surface area contributed by atoms with Gasteiger partial charge in [0.05, 0.1) is 0 Å². The molecular weight excluding hydrogens is 386 g/mol. The van der Waals surface area contributed by atoms with E-state index >= 15 is 0 Å². The average Bonchev–Trinajstić information content (AvgIpc) is 2.03. The summed E-state index contributed by atoms with van der Waals surface area (Å²) in [5, 5.41) is 0. The number of hydrogen-bond donors (Lipinski definition) is 0. The van der Waals surface area contributed by atoms with Gasteiger partial charge >= 0.3 is 6.16 Å². The average molecular weight is 390 g/mol. The van der Waals surface area contributed by atoms with Crippen molar-refractivity contribution in [3.05, 3.63) is 0 Å². The van der Waals surface area contributed by atoms with E-state index in [1.165, 1.54) is 0 Å². The Balaban J connectivity index is 3.78. The van der Waals surface area contributed by atoms with Gasteiger partial charge in [0.15, 0.2) is 0 Å². The molecule has 0 saturated carbocycles. The van der Waals surface area contributed by atoms with Crippen molar-refractivity contribution >= 4 is 51.3 Å². The molecular formula is C7H4I2O3. The number of terminal acetylenes is 2. The van der Waals surface area contributed by atoms with Gasteiger partial charge in [0.25, 0.3) is 0 Å². The van der Waals surface area contributed by atoms with Crippen LogP contribution in [0.3, 0.4) is 0 Å². The van der Waals surface area contributed by atoms with E-state index < -0.39 is 14.4 Å². The summed E-state index contributed by atoms with van der Waals surface area (Å²) in [6.07, 6.45) is 9.05. The van der Waals surface area contributed by atoms with Crippen LogP contribution in [0.4, 0.5) is 4.79 Å². The number of carbonyl (C=O) groups is 1. The van der Waals surface area contributed by atoms with E-state index in [0.717, 1.165) is 0 Å². The van der Waals surface area contributed by atoms with Crippen molar-refractivity contribution in [2.75, 3.05) is 0 Å². The van der Waals surface area contributed by atoms with Crippen LogP contribution < -0.4 is 0 Å². The highest BCUT2D eigenvalue weighted by atomic mass is 127. The first kappa shape index (κ1) is 11.8. The van der Waals surface area contributed by atoms with E-state index in [-0.39, 0.29) is 0 Å². The lowest BCUT2D eigenvalue weighted by atomic mass is 10.7. The molecule has 3 nitrogen and oxygen atoms in total. The van der Waals surface area contributed by atoms with Crippen LogP contribution in [0.1, 0.15) is 0 Å². The van der Waals surface area contributed by atoms with E-state index in [9.17, 15) is 4.79 Å². The molecule has 0 bridgehead atoms. The van der Waals surface area contributed by atoms with E-state index in [4.69, 9.17) is 12.8 Å². The molecule has 2 atom stereocenters. The Labute approximate surface area is 97.8 Å². The standard InChI is InChI=1S/C7H4I2O3/c1-3-5(8)11-7(10)12-6(9)4-2/h1-2,5-6H. The molecule has 0 amide bonds. The molecule has 0 fully saturated rings. The van der Waals surface area contributed by atoms with Crippen LogP contribution in [0, 0.1) is 24.7 Å².